The summed E-state index contributed by atoms with van der Waals surface area (Å²) in [6, 6.07) is 10.4. The van der Waals surface area contributed by atoms with E-state index >= 15 is 0 Å². The molecule has 0 atom stereocenters. The minimum absolute atomic E-state index is 0.0956. The van der Waals surface area contributed by atoms with Gasteiger partial charge in [0, 0.05) is 32.1 Å². The van der Waals surface area contributed by atoms with Crippen LogP contribution >= 0.6 is 47.8 Å². The summed E-state index contributed by atoms with van der Waals surface area (Å²) in [4.78, 5) is 10.3. The molecule has 0 saturated carbocycles. The van der Waals surface area contributed by atoms with Crippen LogP contribution in [0.2, 0.25) is 0 Å². The van der Waals surface area contributed by atoms with Gasteiger partial charge in [0.2, 0.25) is 0 Å². The Morgan fingerprint density at radius 3 is 2.35 bits per heavy atom. The fraction of sp³-hybridized carbons (Fsp3) is 0.0769. The van der Waals surface area contributed by atoms with E-state index < -0.39 is 4.92 Å². The van der Waals surface area contributed by atoms with E-state index in [0.29, 0.717) is 6.54 Å². The van der Waals surface area contributed by atoms with Crippen molar-refractivity contribution in [3.05, 3.63) is 65.5 Å². The van der Waals surface area contributed by atoms with Gasteiger partial charge >= 0.3 is 0 Å². The van der Waals surface area contributed by atoms with Gasteiger partial charge in [-0.3, -0.25) is 10.1 Å². The lowest BCUT2D eigenvalue weighted by Gasteiger charge is -2.11. The zero-order valence-electron chi connectivity index (χ0n) is 10.1. The number of rotatable bonds is 4. The van der Waals surface area contributed by atoms with Crippen LogP contribution < -0.4 is 5.32 Å². The molecule has 0 unspecified atom stereocenters. The smallest absolute Gasteiger partial charge is 0.269 e. The van der Waals surface area contributed by atoms with E-state index in [1.165, 1.54) is 6.07 Å². The maximum atomic E-state index is 10.7. The van der Waals surface area contributed by atoms with Crippen LogP contribution in [0.4, 0.5) is 11.4 Å². The minimum Gasteiger partial charge on any atom is -0.379 e. The third-order valence-corrected chi connectivity index (χ3v) is 4.31. The van der Waals surface area contributed by atoms with Gasteiger partial charge in [-0.05, 0) is 49.6 Å². The fourth-order valence-electron chi connectivity index (χ4n) is 1.68. The van der Waals surface area contributed by atoms with Crippen LogP contribution in [0.1, 0.15) is 5.56 Å². The number of anilines is 1. The Hall–Kier alpha value is -0.920. The summed E-state index contributed by atoms with van der Waals surface area (Å²) >= 11 is 10.4. The van der Waals surface area contributed by atoms with E-state index in [2.05, 4.69) is 53.1 Å². The van der Waals surface area contributed by atoms with Gasteiger partial charge in [-0.1, -0.05) is 28.1 Å². The Morgan fingerprint density at radius 1 is 1.10 bits per heavy atom. The highest BCUT2D eigenvalue weighted by molar-refractivity contribution is 9.11. The number of nitrogens with zero attached hydrogens (tertiary/aromatic N) is 1. The molecular weight excluding hydrogens is 456 g/mol. The molecule has 0 amide bonds. The SMILES string of the molecule is O=[N+]([O-])c1cccc(CNc2c(Br)cc(Br)cc2Br)c1. The molecule has 104 valence electrons. The van der Waals surface area contributed by atoms with E-state index in [0.717, 1.165) is 24.7 Å². The van der Waals surface area contributed by atoms with Crippen molar-refractivity contribution < 1.29 is 4.92 Å². The summed E-state index contributed by atoms with van der Waals surface area (Å²) in [7, 11) is 0. The molecule has 0 aliphatic carbocycles. The van der Waals surface area contributed by atoms with Crippen molar-refractivity contribution in [2.45, 2.75) is 6.54 Å². The van der Waals surface area contributed by atoms with Crippen molar-refractivity contribution in [3.63, 3.8) is 0 Å². The van der Waals surface area contributed by atoms with E-state index in [-0.39, 0.29) is 5.69 Å². The second-order valence-corrected chi connectivity index (χ2v) is 6.65. The molecule has 0 spiro atoms. The molecule has 2 aromatic rings. The standard InChI is InChI=1S/C13H9Br3N2O2/c14-9-5-11(15)13(12(16)6-9)17-7-8-2-1-3-10(4-8)18(19)20/h1-6,17H,7H2. The number of nitrogens with one attached hydrogen (secondary N) is 1. The summed E-state index contributed by atoms with van der Waals surface area (Å²) < 4.78 is 2.77. The lowest BCUT2D eigenvalue weighted by Crippen LogP contribution is -2.01. The van der Waals surface area contributed by atoms with Crippen molar-refractivity contribution in [2.24, 2.45) is 0 Å². The number of benzene rings is 2. The lowest BCUT2D eigenvalue weighted by atomic mass is 10.2. The predicted molar refractivity (Wildman–Crippen MR) is 90.0 cm³/mol. The number of nitro groups is 1. The molecule has 0 aromatic heterocycles. The van der Waals surface area contributed by atoms with Crippen LogP contribution in [0.15, 0.2) is 49.8 Å². The Labute approximate surface area is 141 Å². The van der Waals surface area contributed by atoms with Crippen LogP contribution in [0.5, 0.6) is 0 Å². The van der Waals surface area contributed by atoms with Crippen LogP contribution in [0.3, 0.4) is 0 Å². The normalized spacial score (nSPS) is 10.3. The van der Waals surface area contributed by atoms with Crippen LogP contribution in [-0.2, 0) is 6.54 Å². The molecule has 0 fully saturated rings. The van der Waals surface area contributed by atoms with Gasteiger partial charge in [0.05, 0.1) is 10.6 Å². The monoisotopic (exact) mass is 462 g/mol. The summed E-state index contributed by atoms with van der Waals surface area (Å²) in [5.74, 6) is 0. The number of non-ortho nitro benzene ring substituents is 1. The summed E-state index contributed by atoms with van der Waals surface area (Å²) in [6.07, 6.45) is 0. The average molecular weight is 465 g/mol. The maximum absolute atomic E-state index is 10.7. The molecule has 0 saturated heterocycles. The minimum atomic E-state index is -0.394. The first-order chi connectivity index (χ1) is 9.47. The van der Waals surface area contributed by atoms with Crippen LogP contribution in [0.25, 0.3) is 0 Å². The Morgan fingerprint density at radius 2 is 1.75 bits per heavy atom. The number of nitro benzene ring substituents is 1. The predicted octanol–water partition coefficient (Wildman–Crippen LogP) is 5.49. The van der Waals surface area contributed by atoms with Crippen molar-refractivity contribution in [1.29, 1.82) is 0 Å². The zero-order valence-corrected chi connectivity index (χ0v) is 14.8. The molecular formula is C13H9Br3N2O2. The first-order valence-electron chi connectivity index (χ1n) is 5.59. The number of hydrogen-bond acceptors (Lipinski definition) is 3. The molecule has 0 radical (unpaired) electrons. The highest BCUT2D eigenvalue weighted by Crippen LogP contribution is 2.34. The summed E-state index contributed by atoms with van der Waals surface area (Å²) in [5, 5.41) is 14.0. The first kappa shape index (κ1) is 15.5. The molecule has 4 nitrogen and oxygen atoms in total. The fourth-order valence-corrected chi connectivity index (χ4v) is 4.22. The maximum Gasteiger partial charge on any atom is 0.269 e. The van der Waals surface area contributed by atoms with Gasteiger partial charge in [0.25, 0.3) is 5.69 Å². The van der Waals surface area contributed by atoms with E-state index in [1.54, 1.807) is 12.1 Å². The molecule has 1 N–H and O–H groups in total. The molecule has 7 heteroatoms. The van der Waals surface area contributed by atoms with Crippen molar-refractivity contribution in [3.8, 4) is 0 Å². The van der Waals surface area contributed by atoms with Gasteiger partial charge in [0.15, 0.2) is 0 Å². The van der Waals surface area contributed by atoms with Gasteiger partial charge in [-0.2, -0.15) is 0 Å². The van der Waals surface area contributed by atoms with Crippen molar-refractivity contribution in [1.82, 2.24) is 0 Å². The topological polar surface area (TPSA) is 55.2 Å². The first-order valence-corrected chi connectivity index (χ1v) is 7.97. The third-order valence-electron chi connectivity index (χ3n) is 2.60. The summed E-state index contributed by atoms with van der Waals surface area (Å²) in [6.45, 7) is 0.501. The highest BCUT2D eigenvalue weighted by Gasteiger charge is 2.08. The van der Waals surface area contributed by atoms with Crippen molar-refractivity contribution in [2.75, 3.05) is 5.32 Å². The Kier molecular flexibility index (Phi) is 5.17. The van der Waals surface area contributed by atoms with E-state index in [4.69, 9.17) is 0 Å². The molecule has 0 aliphatic rings. The van der Waals surface area contributed by atoms with E-state index in [1.807, 2.05) is 18.2 Å². The lowest BCUT2D eigenvalue weighted by molar-refractivity contribution is -0.384. The second-order valence-electron chi connectivity index (χ2n) is 4.02. The van der Waals surface area contributed by atoms with Gasteiger partial charge < -0.3 is 5.32 Å². The number of halogens is 3. The Bertz CT molecular complexity index is 639. The summed E-state index contributed by atoms with van der Waals surface area (Å²) in [5.41, 5.74) is 1.85. The van der Waals surface area contributed by atoms with Crippen molar-refractivity contribution >= 4 is 59.2 Å². The van der Waals surface area contributed by atoms with Gasteiger partial charge in [-0.15, -0.1) is 0 Å². The van der Waals surface area contributed by atoms with E-state index in [9.17, 15) is 10.1 Å². The molecule has 2 rings (SSSR count). The molecule has 2 aromatic carbocycles. The number of hydrogen-bond donors (Lipinski definition) is 1. The second kappa shape index (κ2) is 6.69. The third kappa shape index (κ3) is 3.80. The molecule has 0 bridgehead atoms. The van der Waals surface area contributed by atoms with Gasteiger partial charge in [-0.25, -0.2) is 0 Å². The zero-order chi connectivity index (χ0) is 14.7. The quantitative estimate of drug-likeness (QED) is 0.480. The highest BCUT2D eigenvalue weighted by atomic mass is 79.9. The molecule has 20 heavy (non-hydrogen) atoms. The molecule has 0 aliphatic heterocycles. The molecule has 0 heterocycles. The van der Waals surface area contributed by atoms with Gasteiger partial charge in [0.1, 0.15) is 0 Å². The Balaban J connectivity index is 2.17. The van der Waals surface area contributed by atoms with Crippen LogP contribution in [-0.4, -0.2) is 4.92 Å². The average Bonchev–Trinajstić information content (AvgIpc) is 2.37. The van der Waals surface area contributed by atoms with Crippen LogP contribution in [0, 0.1) is 10.1 Å². The largest absolute Gasteiger partial charge is 0.379 e.